The van der Waals surface area contributed by atoms with Crippen LogP contribution in [0.25, 0.3) is 0 Å². The first-order chi connectivity index (χ1) is 9.95. The van der Waals surface area contributed by atoms with E-state index >= 15 is 0 Å². The smallest absolute Gasteiger partial charge is 0.322 e. The highest BCUT2D eigenvalue weighted by atomic mass is 79.9. The highest BCUT2D eigenvalue weighted by molar-refractivity contribution is 9.10. The number of carboxylic acids is 1. The summed E-state index contributed by atoms with van der Waals surface area (Å²) in [5.74, 6) is -0.133. The van der Waals surface area contributed by atoms with Crippen LogP contribution >= 0.6 is 39.1 Å². The predicted molar refractivity (Wildman–Crippen MR) is 86.8 cm³/mol. The van der Waals surface area contributed by atoms with Crippen molar-refractivity contribution in [1.82, 2.24) is 0 Å². The van der Waals surface area contributed by atoms with Gasteiger partial charge in [-0.1, -0.05) is 39.1 Å². The second kappa shape index (κ2) is 7.02. The number of rotatable bonds is 5. The van der Waals surface area contributed by atoms with Gasteiger partial charge in [0, 0.05) is 15.6 Å². The Morgan fingerprint density at radius 2 is 1.95 bits per heavy atom. The summed E-state index contributed by atoms with van der Waals surface area (Å²) >= 11 is 15.4. The van der Waals surface area contributed by atoms with Gasteiger partial charge < -0.3 is 15.2 Å². The Hall–Kier alpha value is -1.43. The molecule has 0 saturated carbocycles. The van der Waals surface area contributed by atoms with Crippen molar-refractivity contribution in [3.05, 3.63) is 50.9 Å². The minimum atomic E-state index is -0.974. The molecule has 2 aromatic rings. The summed E-state index contributed by atoms with van der Waals surface area (Å²) < 4.78 is 6.54. The highest BCUT2D eigenvalue weighted by Crippen LogP contribution is 2.36. The van der Waals surface area contributed by atoms with Gasteiger partial charge in [0.25, 0.3) is 0 Å². The van der Waals surface area contributed by atoms with Gasteiger partial charge in [-0.25, -0.2) is 0 Å². The zero-order valence-electron chi connectivity index (χ0n) is 10.6. The van der Waals surface area contributed by atoms with Crippen LogP contribution in [-0.4, -0.2) is 17.6 Å². The van der Waals surface area contributed by atoms with E-state index in [0.717, 1.165) is 4.47 Å². The van der Waals surface area contributed by atoms with Gasteiger partial charge in [-0.3, -0.25) is 4.79 Å². The summed E-state index contributed by atoms with van der Waals surface area (Å²) in [5.41, 5.74) is 0.515. The number of aliphatic carboxylic acids is 1. The lowest BCUT2D eigenvalue weighted by atomic mass is 10.2. The van der Waals surface area contributed by atoms with E-state index < -0.39 is 5.97 Å². The third kappa shape index (κ3) is 4.52. The standard InChI is InChI=1S/C14H10BrCl2NO3/c15-8-1-4-12(10(17)5-8)21-13-6-9(16)2-3-11(13)18-7-14(19)20/h1-6,18H,7H2,(H,19,20). The first-order valence-corrected chi connectivity index (χ1v) is 7.39. The normalized spacial score (nSPS) is 10.2. The summed E-state index contributed by atoms with van der Waals surface area (Å²) in [6, 6.07) is 10.1. The number of benzene rings is 2. The summed E-state index contributed by atoms with van der Waals surface area (Å²) in [6.45, 7) is -0.230. The quantitative estimate of drug-likeness (QED) is 0.750. The maximum absolute atomic E-state index is 10.6. The van der Waals surface area contributed by atoms with E-state index in [9.17, 15) is 4.79 Å². The number of halogens is 3. The summed E-state index contributed by atoms with van der Waals surface area (Å²) in [4.78, 5) is 10.6. The molecule has 21 heavy (non-hydrogen) atoms. The SMILES string of the molecule is O=C(O)CNc1ccc(Cl)cc1Oc1ccc(Br)cc1Cl. The molecule has 2 rings (SSSR count). The van der Waals surface area contributed by atoms with Gasteiger partial charge in [-0.05, 0) is 30.3 Å². The number of carboxylic acid groups (broad SMARTS) is 1. The Kier molecular flexibility index (Phi) is 5.33. The molecule has 0 saturated heterocycles. The first-order valence-electron chi connectivity index (χ1n) is 5.84. The van der Waals surface area contributed by atoms with Gasteiger partial charge in [0.2, 0.25) is 0 Å². The number of anilines is 1. The molecule has 0 amide bonds. The molecule has 0 atom stereocenters. The van der Waals surface area contributed by atoms with Crippen molar-refractivity contribution in [2.45, 2.75) is 0 Å². The monoisotopic (exact) mass is 389 g/mol. The molecule has 0 radical (unpaired) electrons. The molecule has 4 nitrogen and oxygen atoms in total. The number of ether oxygens (including phenoxy) is 1. The average molecular weight is 391 g/mol. The third-order valence-electron chi connectivity index (χ3n) is 2.49. The van der Waals surface area contributed by atoms with E-state index in [1.807, 2.05) is 0 Å². The van der Waals surface area contributed by atoms with Crippen LogP contribution in [-0.2, 0) is 4.79 Å². The van der Waals surface area contributed by atoms with Crippen LogP contribution in [0, 0.1) is 0 Å². The van der Waals surface area contributed by atoms with Crippen LogP contribution in [0.3, 0.4) is 0 Å². The van der Waals surface area contributed by atoms with Crippen molar-refractivity contribution in [3.63, 3.8) is 0 Å². The molecule has 0 aliphatic heterocycles. The lowest BCUT2D eigenvalue weighted by Crippen LogP contribution is -2.12. The molecule has 0 aromatic heterocycles. The topological polar surface area (TPSA) is 58.6 Å². The summed E-state index contributed by atoms with van der Waals surface area (Å²) in [7, 11) is 0. The van der Waals surface area contributed by atoms with Gasteiger partial charge in [-0.2, -0.15) is 0 Å². The van der Waals surface area contributed by atoms with Crippen molar-refractivity contribution in [2.75, 3.05) is 11.9 Å². The van der Waals surface area contributed by atoms with Gasteiger partial charge in [0.05, 0.1) is 10.7 Å². The van der Waals surface area contributed by atoms with E-state index in [-0.39, 0.29) is 6.54 Å². The fourth-order valence-corrected chi connectivity index (χ4v) is 2.45. The van der Waals surface area contributed by atoms with E-state index in [0.29, 0.717) is 27.2 Å². The Bertz CT molecular complexity index is 679. The lowest BCUT2D eigenvalue weighted by Gasteiger charge is -2.13. The largest absolute Gasteiger partial charge is 0.480 e. The number of hydrogen-bond acceptors (Lipinski definition) is 3. The zero-order valence-corrected chi connectivity index (χ0v) is 13.7. The zero-order chi connectivity index (χ0) is 15.4. The van der Waals surface area contributed by atoms with E-state index in [1.54, 1.807) is 36.4 Å². The first kappa shape index (κ1) is 15.9. The van der Waals surface area contributed by atoms with Gasteiger partial charge in [0.1, 0.15) is 12.3 Å². The van der Waals surface area contributed by atoms with Crippen LogP contribution < -0.4 is 10.1 Å². The van der Waals surface area contributed by atoms with Crippen LogP contribution in [0.2, 0.25) is 10.0 Å². The van der Waals surface area contributed by atoms with Crippen LogP contribution in [0.4, 0.5) is 5.69 Å². The molecule has 2 aromatic carbocycles. The number of carbonyl (C=O) groups is 1. The highest BCUT2D eigenvalue weighted by Gasteiger charge is 2.10. The van der Waals surface area contributed by atoms with Crippen molar-refractivity contribution in [1.29, 1.82) is 0 Å². The van der Waals surface area contributed by atoms with Crippen molar-refractivity contribution in [2.24, 2.45) is 0 Å². The number of nitrogens with one attached hydrogen (secondary N) is 1. The Morgan fingerprint density at radius 1 is 1.19 bits per heavy atom. The minimum absolute atomic E-state index is 0.230. The number of hydrogen-bond donors (Lipinski definition) is 2. The molecular formula is C14H10BrCl2NO3. The minimum Gasteiger partial charge on any atom is -0.480 e. The summed E-state index contributed by atoms with van der Waals surface area (Å²) in [5, 5.41) is 12.4. The molecule has 2 N–H and O–H groups in total. The lowest BCUT2D eigenvalue weighted by molar-refractivity contribution is -0.134. The molecule has 0 aliphatic rings. The molecule has 0 aliphatic carbocycles. The van der Waals surface area contributed by atoms with Crippen molar-refractivity contribution >= 4 is 50.8 Å². The maximum atomic E-state index is 10.6. The Morgan fingerprint density at radius 3 is 2.62 bits per heavy atom. The average Bonchev–Trinajstić information content (AvgIpc) is 2.41. The third-order valence-corrected chi connectivity index (χ3v) is 3.51. The molecule has 0 bridgehead atoms. The van der Waals surface area contributed by atoms with Gasteiger partial charge >= 0.3 is 5.97 Å². The van der Waals surface area contributed by atoms with Crippen molar-refractivity contribution < 1.29 is 14.6 Å². The second-order valence-electron chi connectivity index (χ2n) is 4.06. The maximum Gasteiger partial charge on any atom is 0.322 e. The van der Waals surface area contributed by atoms with Crippen LogP contribution in [0.15, 0.2) is 40.9 Å². The van der Waals surface area contributed by atoms with Crippen molar-refractivity contribution in [3.8, 4) is 11.5 Å². The Balaban J connectivity index is 2.29. The molecule has 0 unspecified atom stereocenters. The molecular weight excluding hydrogens is 381 g/mol. The summed E-state index contributed by atoms with van der Waals surface area (Å²) in [6.07, 6.45) is 0. The second-order valence-corrected chi connectivity index (χ2v) is 5.82. The fourth-order valence-electron chi connectivity index (χ4n) is 1.57. The van der Waals surface area contributed by atoms with Crippen LogP contribution in [0.1, 0.15) is 0 Å². The molecule has 7 heteroatoms. The fraction of sp³-hybridized carbons (Fsp3) is 0.0714. The van der Waals surface area contributed by atoms with E-state index in [4.69, 9.17) is 33.0 Å². The van der Waals surface area contributed by atoms with Crippen LogP contribution in [0.5, 0.6) is 11.5 Å². The van der Waals surface area contributed by atoms with Gasteiger partial charge in [-0.15, -0.1) is 0 Å². The predicted octanol–water partition coefficient (Wildman–Crippen LogP) is 5.04. The van der Waals surface area contributed by atoms with E-state index in [1.165, 1.54) is 0 Å². The molecule has 0 spiro atoms. The molecule has 0 fully saturated rings. The molecule has 110 valence electrons. The molecule has 0 heterocycles. The van der Waals surface area contributed by atoms with Gasteiger partial charge in [0.15, 0.2) is 5.75 Å². The van der Waals surface area contributed by atoms with E-state index in [2.05, 4.69) is 21.2 Å². The Labute approximate surface area is 139 Å².